The predicted octanol–water partition coefficient (Wildman–Crippen LogP) is 1.82. The van der Waals surface area contributed by atoms with Crippen LogP contribution in [0.5, 0.6) is 0 Å². The molecule has 0 bridgehead atoms. The second-order valence-electron chi connectivity index (χ2n) is 3.71. The summed E-state index contributed by atoms with van der Waals surface area (Å²) in [7, 11) is 3.23. The Morgan fingerprint density at radius 1 is 1.56 bits per heavy atom. The van der Waals surface area contributed by atoms with Crippen LogP contribution in [0, 0.1) is 10.1 Å². The van der Waals surface area contributed by atoms with Gasteiger partial charge in [0, 0.05) is 27.1 Å². The molecule has 0 aromatic heterocycles. The van der Waals surface area contributed by atoms with Crippen LogP contribution in [0.2, 0.25) is 5.02 Å². The number of carbonyl (C=O) groups is 1. The minimum Gasteiger partial charge on any atom is -0.368 e. The molecule has 0 aliphatic rings. The fourth-order valence-corrected chi connectivity index (χ4v) is 1.75. The van der Waals surface area contributed by atoms with Crippen molar-refractivity contribution in [3.05, 3.63) is 33.3 Å². The smallest absolute Gasteiger partial charge is 0.310 e. The summed E-state index contributed by atoms with van der Waals surface area (Å²) in [6.07, 6.45) is 0.261. The zero-order valence-electron chi connectivity index (χ0n) is 10.1. The summed E-state index contributed by atoms with van der Waals surface area (Å²) in [6.45, 7) is 0.376. The van der Waals surface area contributed by atoms with Crippen LogP contribution in [-0.4, -0.2) is 31.5 Å². The van der Waals surface area contributed by atoms with Gasteiger partial charge in [0.05, 0.1) is 4.92 Å². The number of anilines is 1. The van der Waals surface area contributed by atoms with Crippen molar-refractivity contribution in [1.82, 2.24) is 5.32 Å². The molecule has 0 fully saturated rings. The molecule has 0 atom stereocenters. The molecule has 1 rings (SSSR count). The number of nitro groups is 1. The van der Waals surface area contributed by atoms with E-state index in [1.165, 1.54) is 6.07 Å². The first-order chi connectivity index (χ1) is 8.47. The number of carbonyl (C=O) groups excluding carboxylic acids is 1. The molecule has 0 saturated heterocycles. The second-order valence-corrected chi connectivity index (χ2v) is 4.12. The summed E-state index contributed by atoms with van der Waals surface area (Å²) < 4.78 is 0. The van der Waals surface area contributed by atoms with Gasteiger partial charge in [0.25, 0.3) is 0 Å². The first kappa shape index (κ1) is 14.2. The van der Waals surface area contributed by atoms with Crippen LogP contribution in [0.15, 0.2) is 18.2 Å². The number of hydrogen-bond donors (Lipinski definition) is 1. The van der Waals surface area contributed by atoms with Gasteiger partial charge in [0.15, 0.2) is 0 Å². The first-order valence-corrected chi connectivity index (χ1v) is 5.69. The SMILES string of the molecule is CNC(=O)CCN(C)c1cccc(Cl)c1[N+](=O)[O-]. The van der Waals surface area contributed by atoms with Crippen LogP contribution in [0.1, 0.15) is 6.42 Å². The van der Waals surface area contributed by atoms with Crippen LogP contribution in [0.3, 0.4) is 0 Å². The number of nitrogens with one attached hydrogen (secondary N) is 1. The summed E-state index contributed by atoms with van der Waals surface area (Å²) in [6, 6.07) is 4.71. The van der Waals surface area contributed by atoms with E-state index in [4.69, 9.17) is 11.6 Å². The van der Waals surface area contributed by atoms with E-state index >= 15 is 0 Å². The van der Waals surface area contributed by atoms with E-state index in [0.717, 1.165) is 0 Å². The lowest BCUT2D eigenvalue weighted by molar-refractivity contribution is -0.384. The van der Waals surface area contributed by atoms with Gasteiger partial charge in [-0.15, -0.1) is 0 Å². The van der Waals surface area contributed by atoms with Crippen molar-refractivity contribution < 1.29 is 9.72 Å². The molecule has 0 aliphatic heterocycles. The molecule has 0 unspecified atom stereocenters. The summed E-state index contributed by atoms with van der Waals surface area (Å²) in [5.74, 6) is -0.119. The quantitative estimate of drug-likeness (QED) is 0.655. The summed E-state index contributed by atoms with van der Waals surface area (Å²) >= 11 is 5.81. The van der Waals surface area contributed by atoms with Crippen LogP contribution in [-0.2, 0) is 4.79 Å². The van der Waals surface area contributed by atoms with Gasteiger partial charge in [-0.1, -0.05) is 17.7 Å². The Kier molecular flexibility index (Phi) is 4.91. The monoisotopic (exact) mass is 271 g/mol. The molecule has 6 nitrogen and oxygen atoms in total. The van der Waals surface area contributed by atoms with Crippen LogP contribution < -0.4 is 10.2 Å². The zero-order chi connectivity index (χ0) is 13.7. The molecule has 7 heteroatoms. The Morgan fingerprint density at radius 2 is 2.22 bits per heavy atom. The maximum atomic E-state index is 11.1. The third kappa shape index (κ3) is 3.33. The molecule has 1 aromatic rings. The van der Waals surface area contributed by atoms with E-state index in [1.54, 1.807) is 31.1 Å². The average Bonchev–Trinajstić information content (AvgIpc) is 2.34. The van der Waals surface area contributed by atoms with E-state index in [9.17, 15) is 14.9 Å². The Labute approximate surface area is 110 Å². The van der Waals surface area contributed by atoms with E-state index in [0.29, 0.717) is 12.2 Å². The van der Waals surface area contributed by atoms with Crippen molar-refractivity contribution in [3.63, 3.8) is 0 Å². The highest BCUT2D eigenvalue weighted by atomic mass is 35.5. The minimum absolute atomic E-state index is 0.0873. The lowest BCUT2D eigenvalue weighted by Gasteiger charge is -2.18. The third-order valence-corrected chi connectivity index (χ3v) is 2.82. The standard InChI is InChI=1S/C11H14ClN3O3/c1-13-10(16)6-7-14(2)9-5-3-4-8(12)11(9)15(17)18/h3-5H,6-7H2,1-2H3,(H,13,16). The predicted molar refractivity (Wildman–Crippen MR) is 70.1 cm³/mol. The van der Waals surface area contributed by atoms with Gasteiger partial charge < -0.3 is 10.2 Å². The molecule has 1 aromatic carbocycles. The molecule has 18 heavy (non-hydrogen) atoms. The molecule has 0 heterocycles. The summed E-state index contributed by atoms with van der Waals surface area (Å²) in [4.78, 5) is 23.2. The number of benzene rings is 1. The molecule has 0 radical (unpaired) electrons. The molecule has 0 aliphatic carbocycles. The third-order valence-electron chi connectivity index (χ3n) is 2.51. The van der Waals surface area contributed by atoms with Crippen molar-refractivity contribution in [1.29, 1.82) is 0 Å². The lowest BCUT2D eigenvalue weighted by atomic mass is 10.2. The van der Waals surface area contributed by atoms with E-state index in [-0.39, 0.29) is 23.0 Å². The van der Waals surface area contributed by atoms with Gasteiger partial charge in [0.1, 0.15) is 10.7 Å². The van der Waals surface area contributed by atoms with E-state index < -0.39 is 4.92 Å². The first-order valence-electron chi connectivity index (χ1n) is 5.32. The van der Waals surface area contributed by atoms with Gasteiger partial charge in [-0.2, -0.15) is 0 Å². The number of amides is 1. The number of hydrogen-bond acceptors (Lipinski definition) is 4. The fourth-order valence-electron chi connectivity index (χ4n) is 1.51. The highest BCUT2D eigenvalue weighted by Crippen LogP contribution is 2.34. The number of rotatable bonds is 5. The molecule has 98 valence electrons. The van der Waals surface area contributed by atoms with Gasteiger partial charge in [0.2, 0.25) is 5.91 Å². The normalized spacial score (nSPS) is 9.94. The van der Waals surface area contributed by atoms with Gasteiger partial charge in [-0.05, 0) is 12.1 Å². The molecule has 0 saturated carbocycles. The highest BCUT2D eigenvalue weighted by Gasteiger charge is 2.21. The topological polar surface area (TPSA) is 75.5 Å². The Morgan fingerprint density at radius 3 is 2.78 bits per heavy atom. The van der Waals surface area contributed by atoms with Gasteiger partial charge in [-0.3, -0.25) is 14.9 Å². The average molecular weight is 272 g/mol. The Hall–Kier alpha value is -1.82. The number of nitro benzene ring substituents is 1. The summed E-state index contributed by atoms with van der Waals surface area (Å²) in [5, 5.41) is 13.5. The van der Waals surface area contributed by atoms with Crippen LogP contribution in [0.25, 0.3) is 0 Å². The highest BCUT2D eigenvalue weighted by molar-refractivity contribution is 6.33. The molecule has 0 spiro atoms. The number of halogens is 1. The Bertz CT molecular complexity index is 465. The van der Waals surface area contributed by atoms with Crippen molar-refractivity contribution in [2.45, 2.75) is 6.42 Å². The van der Waals surface area contributed by atoms with Crippen LogP contribution >= 0.6 is 11.6 Å². The largest absolute Gasteiger partial charge is 0.368 e. The van der Waals surface area contributed by atoms with Crippen molar-refractivity contribution in [3.8, 4) is 0 Å². The van der Waals surface area contributed by atoms with Crippen molar-refractivity contribution in [2.75, 3.05) is 25.5 Å². The molecular formula is C11H14ClN3O3. The maximum absolute atomic E-state index is 11.1. The van der Waals surface area contributed by atoms with Gasteiger partial charge in [-0.25, -0.2) is 0 Å². The van der Waals surface area contributed by atoms with Gasteiger partial charge >= 0.3 is 5.69 Å². The van der Waals surface area contributed by atoms with E-state index in [1.807, 2.05) is 0 Å². The summed E-state index contributed by atoms with van der Waals surface area (Å²) in [5.41, 5.74) is 0.259. The Balaban J connectivity index is 2.92. The molecule has 1 amide bonds. The lowest BCUT2D eigenvalue weighted by Crippen LogP contribution is -2.26. The zero-order valence-corrected chi connectivity index (χ0v) is 10.9. The molecular weight excluding hydrogens is 258 g/mol. The minimum atomic E-state index is -0.520. The number of para-hydroxylation sites is 1. The number of nitrogens with zero attached hydrogens (tertiary/aromatic N) is 2. The molecule has 1 N–H and O–H groups in total. The van der Waals surface area contributed by atoms with Crippen LogP contribution in [0.4, 0.5) is 11.4 Å². The fraction of sp³-hybridized carbons (Fsp3) is 0.364. The van der Waals surface area contributed by atoms with Crippen molar-refractivity contribution >= 4 is 28.9 Å². The van der Waals surface area contributed by atoms with E-state index in [2.05, 4.69) is 5.32 Å². The van der Waals surface area contributed by atoms with Crippen molar-refractivity contribution in [2.24, 2.45) is 0 Å². The maximum Gasteiger partial charge on any atom is 0.310 e. The second kappa shape index (κ2) is 6.20.